The fraction of sp³-hybridized carbons (Fsp3) is 0.600. The number of hydrogen-bond acceptors (Lipinski definition) is 5. The van der Waals surface area contributed by atoms with Crippen LogP contribution in [-0.4, -0.2) is 37.0 Å². The van der Waals surface area contributed by atoms with Crippen LogP contribution in [0.4, 0.5) is 5.69 Å². The summed E-state index contributed by atoms with van der Waals surface area (Å²) in [6.45, 7) is 4.57. The lowest BCUT2D eigenvalue weighted by molar-refractivity contribution is 0.584. The third-order valence-electron chi connectivity index (χ3n) is 2.33. The summed E-state index contributed by atoms with van der Waals surface area (Å²) in [5.41, 5.74) is 0.239. The second-order valence-corrected chi connectivity index (χ2v) is 6.46. The lowest BCUT2D eigenvalue weighted by atomic mass is 10.4. The van der Waals surface area contributed by atoms with Gasteiger partial charge in [0.15, 0.2) is 0 Å². The van der Waals surface area contributed by atoms with Crippen molar-refractivity contribution in [3.63, 3.8) is 0 Å². The number of sulfonamides is 1. The lowest BCUT2D eigenvalue weighted by Gasteiger charge is -2.10. The van der Waals surface area contributed by atoms with Crippen molar-refractivity contribution in [3.05, 3.63) is 21.0 Å². The molecular weight excluding hydrogens is 336 g/mol. The minimum absolute atomic E-state index is 0.0653. The first kappa shape index (κ1) is 16.1. The second-order valence-electron chi connectivity index (χ2n) is 3.74. The molecule has 0 unspecified atom stereocenters. The van der Waals surface area contributed by atoms with Crippen LogP contribution < -0.4 is 15.6 Å². The van der Waals surface area contributed by atoms with Crippen molar-refractivity contribution < 1.29 is 8.42 Å². The van der Waals surface area contributed by atoms with Crippen molar-refractivity contribution in [2.75, 3.05) is 24.2 Å². The highest BCUT2D eigenvalue weighted by Gasteiger charge is 2.10. The fourth-order valence-corrected chi connectivity index (χ4v) is 2.83. The Balaban J connectivity index is 2.70. The monoisotopic (exact) mass is 352 g/mol. The van der Waals surface area contributed by atoms with E-state index in [0.717, 1.165) is 0 Å². The zero-order valence-electron chi connectivity index (χ0n) is 10.8. The van der Waals surface area contributed by atoms with E-state index in [-0.39, 0.29) is 17.9 Å². The van der Waals surface area contributed by atoms with Crippen LogP contribution in [0.2, 0.25) is 0 Å². The van der Waals surface area contributed by atoms with E-state index in [0.29, 0.717) is 23.2 Å². The van der Waals surface area contributed by atoms with Crippen molar-refractivity contribution in [3.8, 4) is 0 Å². The molecule has 1 heterocycles. The Morgan fingerprint density at radius 1 is 1.42 bits per heavy atom. The van der Waals surface area contributed by atoms with E-state index in [4.69, 9.17) is 0 Å². The quantitative estimate of drug-likeness (QED) is 0.739. The van der Waals surface area contributed by atoms with Crippen LogP contribution in [0.25, 0.3) is 0 Å². The van der Waals surface area contributed by atoms with Crippen LogP contribution >= 0.6 is 15.9 Å². The number of rotatable bonds is 7. The molecule has 0 amide bonds. The molecule has 2 N–H and O–H groups in total. The van der Waals surface area contributed by atoms with E-state index in [1.54, 1.807) is 6.92 Å². The van der Waals surface area contributed by atoms with Crippen LogP contribution in [0.15, 0.2) is 15.5 Å². The molecule has 0 aliphatic carbocycles. The van der Waals surface area contributed by atoms with Gasteiger partial charge in [0, 0.05) is 19.6 Å². The first-order chi connectivity index (χ1) is 8.91. The van der Waals surface area contributed by atoms with Crippen molar-refractivity contribution in [2.45, 2.75) is 20.4 Å². The fourth-order valence-electron chi connectivity index (χ4n) is 1.43. The van der Waals surface area contributed by atoms with Gasteiger partial charge in [0.1, 0.15) is 4.47 Å². The molecule has 0 aromatic carbocycles. The van der Waals surface area contributed by atoms with Gasteiger partial charge < -0.3 is 5.32 Å². The van der Waals surface area contributed by atoms with Gasteiger partial charge in [0.25, 0.3) is 5.56 Å². The molecule has 0 aliphatic rings. The molecule has 0 bridgehead atoms. The molecule has 0 atom stereocenters. The first-order valence-corrected chi connectivity index (χ1v) is 8.32. The second kappa shape index (κ2) is 7.01. The average Bonchev–Trinajstić information content (AvgIpc) is 2.34. The van der Waals surface area contributed by atoms with Gasteiger partial charge in [-0.1, -0.05) is 6.92 Å². The van der Waals surface area contributed by atoms with Crippen LogP contribution in [0.3, 0.4) is 0 Å². The number of aromatic nitrogens is 2. The third-order valence-corrected chi connectivity index (χ3v) is 4.57. The highest BCUT2D eigenvalue weighted by atomic mass is 79.9. The largest absolute Gasteiger partial charge is 0.382 e. The van der Waals surface area contributed by atoms with Crippen LogP contribution in [0, 0.1) is 0 Å². The lowest BCUT2D eigenvalue weighted by Crippen LogP contribution is -2.30. The standard InChI is InChI=1S/C10H17BrN4O3S/c1-3-14-19(17,18)6-5-12-8-7-13-15(4-2)10(16)9(8)11/h7,12,14H,3-6H2,1-2H3. The summed E-state index contributed by atoms with van der Waals surface area (Å²) in [6, 6.07) is 0. The molecule has 0 aliphatic heterocycles. The van der Waals surface area contributed by atoms with Gasteiger partial charge in [-0.3, -0.25) is 4.79 Å². The maximum absolute atomic E-state index is 11.8. The predicted octanol–water partition coefficient (Wildman–Crippen LogP) is 0.377. The van der Waals surface area contributed by atoms with Gasteiger partial charge in [-0.15, -0.1) is 0 Å². The average molecular weight is 353 g/mol. The van der Waals surface area contributed by atoms with Gasteiger partial charge >= 0.3 is 0 Å². The molecule has 0 spiro atoms. The third kappa shape index (κ3) is 4.59. The first-order valence-electron chi connectivity index (χ1n) is 5.88. The number of aryl methyl sites for hydroxylation is 1. The summed E-state index contributed by atoms with van der Waals surface area (Å²) < 4.78 is 26.9. The number of halogens is 1. The van der Waals surface area contributed by atoms with Gasteiger partial charge in [-0.2, -0.15) is 5.10 Å². The molecule has 108 valence electrons. The van der Waals surface area contributed by atoms with E-state index in [1.165, 1.54) is 10.9 Å². The summed E-state index contributed by atoms with van der Waals surface area (Å²) in [6.07, 6.45) is 1.49. The molecule has 19 heavy (non-hydrogen) atoms. The van der Waals surface area contributed by atoms with E-state index in [2.05, 4.69) is 31.1 Å². The number of anilines is 1. The van der Waals surface area contributed by atoms with Gasteiger partial charge in [-0.25, -0.2) is 17.8 Å². The Labute approximate surface area is 120 Å². The topological polar surface area (TPSA) is 93.1 Å². The highest BCUT2D eigenvalue weighted by molar-refractivity contribution is 9.10. The molecule has 1 aromatic rings. The molecule has 1 aromatic heterocycles. The molecular formula is C10H17BrN4O3S. The summed E-state index contributed by atoms with van der Waals surface area (Å²) in [5, 5.41) is 6.83. The molecule has 0 fully saturated rings. The highest BCUT2D eigenvalue weighted by Crippen LogP contribution is 2.15. The minimum atomic E-state index is -3.27. The summed E-state index contributed by atoms with van der Waals surface area (Å²) in [7, 11) is -3.27. The summed E-state index contributed by atoms with van der Waals surface area (Å²) in [4.78, 5) is 11.8. The van der Waals surface area contributed by atoms with E-state index >= 15 is 0 Å². The normalized spacial score (nSPS) is 11.5. The van der Waals surface area contributed by atoms with Crippen LogP contribution in [0.1, 0.15) is 13.8 Å². The van der Waals surface area contributed by atoms with Crippen LogP contribution in [-0.2, 0) is 16.6 Å². The van der Waals surface area contributed by atoms with Crippen LogP contribution in [0.5, 0.6) is 0 Å². The molecule has 9 heteroatoms. The Hall–Kier alpha value is -0.930. The minimum Gasteiger partial charge on any atom is -0.382 e. The molecule has 0 saturated heterocycles. The van der Waals surface area contributed by atoms with E-state index in [1.807, 2.05) is 6.92 Å². The van der Waals surface area contributed by atoms with E-state index < -0.39 is 10.0 Å². The Morgan fingerprint density at radius 2 is 2.11 bits per heavy atom. The molecule has 7 nitrogen and oxygen atoms in total. The zero-order valence-corrected chi connectivity index (χ0v) is 13.2. The maximum atomic E-state index is 11.8. The molecule has 0 radical (unpaired) electrons. The Bertz CT molecular complexity index is 585. The predicted molar refractivity (Wildman–Crippen MR) is 77.8 cm³/mol. The van der Waals surface area contributed by atoms with Crippen molar-refractivity contribution in [2.24, 2.45) is 0 Å². The van der Waals surface area contributed by atoms with Gasteiger partial charge in [0.05, 0.1) is 17.6 Å². The number of hydrogen-bond donors (Lipinski definition) is 2. The summed E-state index contributed by atoms with van der Waals surface area (Å²) in [5.74, 6) is -0.0653. The zero-order chi connectivity index (χ0) is 14.5. The van der Waals surface area contributed by atoms with Crippen molar-refractivity contribution in [1.82, 2.24) is 14.5 Å². The number of nitrogens with one attached hydrogen (secondary N) is 2. The summed E-state index contributed by atoms with van der Waals surface area (Å²) >= 11 is 3.18. The van der Waals surface area contributed by atoms with Gasteiger partial charge in [0.2, 0.25) is 10.0 Å². The molecule has 0 saturated carbocycles. The Morgan fingerprint density at radius 3 is 2.68 bits per heavy atom. The van der Waals surface area contributed by atoms with Crippen molar-refractivity contribution in [1.29, 1.82) is 0 Å². The van der Waals surface area contributed by atoms with Crippen molar-refractivity contribution >= 4 is 31.6 Å². The maximum Gasteiger partial charge on any atom is 0.283 e. The molecule has 1 rings (SSSR count). The van der Waals surface area contributed by atoms with E-state index in [9.17, 15) is 13.2 Å². The number of nitrogens with zero attached hydrogens (tertiary/aromatic N) is 2. The SMILES string of the molecule is CCNS(=O)(=O)CCNc1cnn(CC)c(=O)c1Br. The smallest absolute Gasteiger partial charge is 0.283 e. The van der Waals surface area contributed by atoms with Gasteiger partial charge in [-0.05, 0) is 22.9 Å². The Kier molecular flexibility index (Phi) is 5.95.